The quantitative estimate of drug-likeness (QED) is 0.659. The lowest BCUT2D eigenvalue weighted by Gasteiger charge is -2.24. The lowest BCUT2D eigenvalue weighted by atomic mass is 9.92. The van der Waals surface area contributed by atoms with Crippen molar-refractivity contribution in [1.82, 2.24) is 15.5 Å². The smallest absolute Gasteiger partial charge is 0.351 e. The van der Waals surface area contributed by atoms with Gasteiger partial charge >= 0.3 is 12.1 Å². The van der Waals surface area contributed by atoms with Crippen molar-refractivity contribution in [3.63, 3.8) is 0 Å². The number of alkyl halides is 5. The van der Waals surface area contributed by atoms with Crippen LogP contribution in [0.5, 0.6) is 0 Å². The molecule has 0 spiro atoms. The van der Waals surface area contributed by atoms with Gasteiger partial charge in [0.05, 0.1) is 6.42 Å². The predicted octanol–water partition coefficient (Wildman–Crippen LogP) is 3.72. The number of rotatable bonds is 6. The summed E-state index contributed by atoms with van der Waals surface area (Å²) in [6.07, 6.45) is 1.45. The van der Waals surface area contributed by atoms with Crippen LogP contribution in [0.1, 0.15) is 29.9 Å². The third-order valence-corrected chi connectivity index (χ3v) is 5.80. The van der Waals surface area contributed by atoms with Gasteiger partial charge in [-0.1, -0.05) is 42.5 Å². The van der Waals surface area contributed by atoms with E-state index in [0.717, 1.165) is 24.1 Å². The van der Waals surface area contributed by atoms with E-state index in [9.17, 15) is 26.7 Å². The number of hydrogen-bond donors (Lipinski definition) is 2. The van der Waals surface area contributed by atoms with Gasteiger partial charge in [-0.3, -0.25) is 4.79 Å². The molecule has 0 saturated carbocycles. The van der Waals surface area contributed by atoms with Gasteiger partial charge in [-0.25, -0.2) is 0 Å². The zero-order chi connectivity index (χ0) is 22.8. The number of allylic oxidation sites excluding steroid dienone is 1. The van der Waals surface area contributed by atoms with Gasteiger partial charge in [0.1, 0.15) is 0 Å². The standard InChI is InChI=1S/C22H26F5N3O/c1-30(2)17-9-3-14(4-10-17)11-20(31)29-19-13-28-12-18(19)15-5-7-16(8-6-15)21(23,24)22(25,26)27/h3-9,17-19,28H,10-13H2,1-2H3,(H,29,31)/t17?,18-,19+/m0/s1. The molecule has 1 aliphatic heterocycles. The Morgan fingerprint density at radius 3 is 2.35 bits per heavy atom. The maximum atomic E-state index is 13.5. The molecule has 1 amide bonds. The van der Waals surface area contributed by atoms with Crippen molar-refractivity contribution in [2.75, 3.05) is 27.2 Å². The minimum atomic E-state index is -5.64. The van der Waals surface area contributed by atoms with Crippen molar-refractivity contribution < 1.29 is 26.7 Å². The summed E-state index contributed by atoms with van der Waals surface area (Å²) in [6.45, 7) is 0.988. The van der Waals surface area contributed by atoms with Gasteiger partial charge in [-0.2, -0.15) is 22.0 Å². The number of hydrogen-bond acceptors (Lipinski definition) is 3. The minimum absolute atomic E-state index is 0.155. The van der Waals surface area contributed by atoms with Crippen LogP contribution in [0, 0.1) is 0 Å². The van der Waals surface area contributed by atoms with Crippen LogP contribution < -0.4 is 10.6 Å². The number of nitrogens with zero attached hydrogens (tertiary/aromatic N) is 1. The van der Waals surface area contributed by atoms with Crippen molar-refractivity contribution in [2.24, 2.45) is 0 Å². The summed E-state index contributed by atoms with van der Waals surface area (Å²) in [5.41, 5.74) is 0.432. The van der Waals surface area contributed by atoms with Gasteiger partial charge in [-0.05, 0) is 31.7 Å². The van der Waals surface area contributed by atoms with Gasteiger partial charge in [0.2, 0.25) is 5.91 Å². The Bertz CT molecular complexity index is 846. The zero-order valence-electron chi connectivity index (χ0n) is 17.3. The van der Waals surface area contributed by atoms with E-state index < -0.39 is 17.7 Å². The zero-order valence-corrected chi connectivity index (χ0v) is 17.3. The Labute approximate surface area is 178 Å². The molecule has 3 rings (SSSR count). The second-order valence-corrected chi connectivity index (χ2v) is 8.21. The van der Waals surface area contributed by atoms with E-state index in [1.165, 1.54) is 12.1 Å². The Morgan fingerprint density at radius 1 is 1.13 bits per heavy atom. The molecule has 1 unspecified atom stereocenters. The molecule has 1 fully saturated rings. The lowest BCUT2D eigenvalue weighted by Crippen LogP contribution is -2.39. The van der Waals surface area contributed by atoms with Crippen molar-refractivity contribution in [1.29, 1.82) is 0 Å². The minimum Gasteiger partial charge on any atom is -0.351 e. The second kappa shape index (κ2) is 9.08. The Morgan fingerprint density at radius 2 is 1.81 bits per heavy atom. The van der Waals surface area contributed by atoms with Crippen molar-refractivity contribution in [2.45, 2.75) is 42.9 Å². The highest BCUT2D eigenvalue weighted by Gasteiger charge is 2.58. The maximum absolute atomic E-state index is 13.5. The van der Waals surface area contributed by atoms with Crippen LogP contribution in [0.4, 0.5) is 22.0 Å². The van der Waals surface area contributed by atoms with Crippen LogP contribution in [0.15, 0.2) is 48.1 Å². The van der Waals surface area contributed by atoms with Crippen molar-refractivity contribution in [3.8, 4) is 0 Å². The van der Waals surface area contributed by atoms with Crippen LogP contribution in [0.25, 0.3) is 0 Å². The Hall–Kier alpha value is -2.26. The van der Waals surface area contributed by atoms with E-state index in [1.807, 2.05) is 26.2 Å². The van der Waals surface area contributed by atoms with Gasteiger partial charge in [0.25, 0.3) is 0 Å². The maximum Gasteiger partial charge on any atom is 0.458 e. The second-order valence-electron chi connectivity index (χ2n) is 8.21. The highest BCUT2D eigenvalue weighted by Crippen LogP contribution is 2.44. The molecule has 1 heterocycles. The van der Waals surface area contributed by atoms with Crippen molar-refractivity contribution in [3.05, 3.63) is 59.2 Å². The number of nitrogens with one attached hydrogen (secondary N) is 2. The Balaban J connectivity index is 1.61. The molecule has 1 aromatic rings. The summed E-state index contributed by atoms with van der Waals surface area (Å²) < 4.78 is 64.7. The first kappa shape index (κ1) is 23.4. The van der Waals surface area contributed by atoms with Crippen LogP contribution in [0.3, 0.4) is 0 Å². The average molecular weight is 443 g/mol. The molecule has 1 aromatic carbocycles. The average Bonchev–Trinajstić information content (AvgIpc) is 3.15. The number of amides is 1. The highest BCUT2D eigenvalue weighted by molar-refractivity contribution is 5.79. The molecule has 0 radical (unpaired) electrons. The first-order valence-corrected chi connectivity index (χ1v) is 10.1. The fraction of sp³-hybridized carbons (Fsp3) is 0.500. The fourth-order valence-corrected chi connectivity index (χ4v) is 3.89. The molecule has 1 saturated heterocycles. The molecule has 2 N–H and O–H groups in total. The van der Waals surface area contributed by atoms with Gasteiger partial charge in [-0.15, -0.1) is 0 Å². The molecule has 170 valence electrons. The molecular weight excluding hydrogens is 417 g/mol. The van der Waals surface area contributed by atoms with E-state index in [0.29, 0.717) is 24.7 Å². The number of halogens is 5. The summed E-state index contributed by atoms with van der Waals surface area (Å²) in [4.78, 5) is 14.6. The summed E-state index contributed by atoms with van der Waals surface area (Å²) in [5, 5.41) is 6.10. The van der Waals surface area contributed by atoms with Crippen LogP contribution in [-0.2, 0) is 10.7 Å². The SMILES string of the molecule is CN(C)C1C=CC(CC(=O)N[C@@H]2CNC[C@H]2c2ccc(C(F)(F)C(F)(F)F)cc2)=CC1. The van der Waals surface area contributed by atoms with Crippen LogP contribution in [-0.4, -0.2) is 56.3 Å². The molecule has 0 aromatic heterocycles. The third-order valence-electron chi connectivity index (χ3n) is 5.80. The molecule has 31 heavy (non-hydrogen) atoms. The normalized spacial score (nSPS) is 24.4. The number of carbonyl (C=O) groups excluding carboxylic acids is 1. The van der Waals surface area contributed by atoms with E-state index in [4.69, 9.17) is 0 Å². The van der Waals surface area contributed by atoms with Gasteiger partial charge < -0.3 is 15.5 Å². The van der Waals surface area contributed by atoms with E-state index >= 15 is 0 Å². The first-order valence-electron chi connectivity index (χ1n) is 10.1. The molecule has 9 heteroatoms. The third kappa shape index (κ3) is 5.33. The topological polar surface area (TPSA) is 44.4 Å². The number of likely N-dealkylation sites (N-methyl/N-ethyl adjacent to an activating group) is 1. The fourth-order valence-electron chi connectivity index (χ4n) is 3.89. The first-order chi connectivity index (χ1) is 14.5. The number of benzene rings is 1. The molecule has 4 nitrogen and oxygen atoms in total. The molecule has 1 aliphatic carbocycles. The van der Waals surface area contributed by atoms with Crippen LogP contribution >= 0.6 is 0 Å². The monoisotopic (exact) mass is 443 g/mol. The summed E-state index contributed by atoms with van der Waals surface area (Å²) in [5.74, 6) is -5.27. The van der Waals surface area contributed by atoms with Gasteiger partial charge in [0.15, 0.2) is 0 Å². The van der Waals surface area contributed by atoms with Crippen molar-refractivity contribution >= 4 is 5.91 Å². The summed E-state index contributed by atoms with van der Waals surface area (Å²) >= 11 is 0. The van der Waals surface area contributed by atoms with Gasteiger partial charge in [0, 0.05) is 36.7 Å². The summed E-state index contributed by atoms with van der Waals surface area (Å²) in [7, 11) is 3.98. The molecule has 2 aliphatic rings. The van der Waals surface area contributed by atoms with E-state index in [-0.39, 0.29) is 24.3 Å². The predicted molar refractivity (Wildman–Crippen MR) is 108 cm³/mol. The Kier molecular flexibility index (Phi) is 6.85. The van der Waals surface area contributed by atoms with Crippen LogP contribution in [0.2, 0.25) is 0 Å². The highest BCUT2D eigenvalue weighted by atomic mass is 19.4. The summed E-state index contributed by atoms with van der Waals surface area (Å²) in [6, 6.07) is 4.20. The lowest BCUT2D eigenvalue weighted by molar-refractivity contribution is -0.289. The molecule has 3 atom stereocenters. The number of carbonyl (C=O) groups is 1. The largest absolute Gasteiger partial charge is 0.458 e. The molecule has 0 bridgehead atoms. The van der Waals surface area contributed by atoms with E-state index in [2.05, 4.69) is 21.6 Å². The molecular formula is C22H26F5N3O. The van der Waals surface area contributed by atoms with E-state index in [1.54, 1.807) is 0 Å².